The Morgan fingerprint density at radius 1 is 1.05 bits per heavy atom. The van der Waals surface area contributed by atoms with Crippen LogP contribution in [0.2, 0.25) is 0 Å². The minimum atomic E-state index is 0.217. The highest BCUT2D eigenvalue weighted by atomic mass is 15.2. The summed E-state index contributed by atoms with van der Waals surface area (Å²) in [6.45, 7) is 9.57. The molecule has 0 radical (unpaired) electrons. The van der Waals surface area contributed by atoms with Gasteiger partial charge in [0.1, 0.15) is 0 Å². The van der Waals surface area contributed by atoms with Crippen LogP contribution in [0, 0.1) is 0 Å². The van der Waals surface area contributed by atoms with E-state index in [1.807, 2.05) is 0 Å². The zero-order chi connectivity index (χ0) is 14.9. The second-order valence-electron chi connectivity index (χ2n) is 7.71. The van der Waals surface area contributed by atoms with Crippen LogP contribution in [0.4, 0.5) is 0 Å². The van der Waals surface area contributed by atoms with Gasteiger partial charge in [0.05, 0.1) is 0 Å². The SMILES string of the molecule is CC(C)(C)c1ccccc1C=C1CCCCC1N1CCC1. The number of nitrogens with zero attached hydrogens (tertiary/aromatic N) is 1. The Balaban J connectivity index is 1.92. The van der Waals surface area contributed by atoms with Crippen LogP contribution < -0.4 is 0 Å². The van der Waals surface area contributed by atoms with Gasteiger partial charge in [0, 0.05) is 6.04 Å². The maximum absolute atomic E-state index is 2.69. The summed E-state index contributed by atoms with van der Waals surface area (Å²) in [6.07, 6.45) is 9.33. The smallest absolute Gasteiger partial charge is 0.0310 e. The number of hydrogen-bond acceptors (Lipinski definition) is 1. The molecule has 0 bridgehead atoms. The Kier molecular flexibility index (Phi) is 4.21. The van der Waals surface area contributed by atoms with Crippen LogP contribution in [0.1, 0.15) is 64.0 Å². The Morgan fingerprint density at radius 2 is 1.81 bits per heavy atom. The van der Waals surface area contributed by atoms with E-state index >= 15 is 0 Å². The lowest BCUT2D eigenvalue weighted by atomic mass is 9.81. The predicted octanol–water partition coefficient (Wildman–Crippen LogP) is 5.02. The highest BCUT2D eigenvalue weighted by Crippen LogP contribution is 2.34. The van der Waals surface area contributed by atoms with Gasteiger partial charge in [-0.25, -0.2) is 0 Å². The van der Waals surface area contributed by atoms with Crippen molar-refractivity contribution in [3.8, 4) is 0 Å². The fraction of sp³-hybridized carbons (Fsp3) is 0.600. The van der Waals surface area contributed by atoms with Crippen LogP contribution in [0.5, 0.6) is 0 Å². The van der Waals surface area contributed by atoms with Crippen LogP contribution in [0.25, 0.3) is 6.08 Å². The summed E-state index contributed by atoms with van der Waals surface area (Å²) in [6, 6.07) is 9.68. The van der Waals surface area contributed by atoms with Crippen LogP contribution >= 0.6 is 0 Å². The Morgan fingerprint density at radius 3 is 2.48 bits per heavy atom. The van der Waals surface area contributed by atoms with Crippen LogP contribution in [-0.2, 0) is 5.41 Å². The summed E-state index contributed by atoms with van der Waals surface area (Å²) in [5, 5.41) is 0. The number of hydrogen-bond donors (Lipinski definition) is 0. The summed E-state index contributed by atoms with van der Waals surface area (Å²) in [5.41, 5.74) is 4.81. The fourth-order valence-corrected chi connectivity index (χ4v) is 3.76. The van der Waals surface area contributed by atoms with Gasteiger partial charge in [-0.3, -0.25) is 4.90 Å². The topological polar surface area (TPSA) is 3.24 Å². The molecule has 3 rings (SSSR count). The van der Waals surface area contributed by atoms with Crippen molar-refractivity contribution in [3.63, 3.8) is 0 Å². The first kappa shape index (κ1) is 14.8. The van der Waals surface area contributed by atoms with Crippen molar-refractivity contribution in [1.29, 1.82) is 0 Å². The molecule has 1 aliphatic heterocycles. The average molecular weight is 283 g/mol. The lowest BCUT2D eigenvalue weighted by Gasteiger charge is -2.42. The van der Waals surface area contributed by atoms with Crippen molar-refractivity contribution in [2.24, 2.45) is 0 Å². The summed E-state index contributed by atoms with van der Waals surface area (Å²) in [4.78, 5) is 2.69. The van der Waals surface area contributed by atoms with Crippen molar-refractivity contribution in [1.82, 2.24) is 4.90 Å². The third kappa shape index (κ3) is 3.23. The molecule has 0 amide bonds. The monoisotopic (exact) mass is 283 g/mol. The van der Waals surface area contributed by atoms with E-state index < -0.39 is 0 Å². The van der Waals surface area contributed by atoms with E-state index in [4.69, 9.17) is 0 Å². The highest BCUT2D eigenvalue weighted by molar-refractivity contribution is 5.59. The van der Waals surface area contributed by atoms with E-state index in [1.54, 1.807) is 5.57 Å². The van der Waals surface area contributed by atoms with Gasteiger partial charge in [0.2, 0.25) is 0 Å². The minimum absolute atomic E-state index is 0.217. The number of likely N-dealkylation sites (tertiary alicyclic amines) is 1. The minimum Gasteiger partial charge on any atom is -0.297 e. The zero-order valence-electron chi connectivity index (χ0n) is 13.9. The highest BCUT2D eigenvalue weighted by Gasteiger charge is 2.29. The van der Waals surface area contributed by atoms with Gasteiger partial charge in [-0.15, -0.1) is 0 Å². The third-order valence-electron chi connectivity index (χ3n) is 5.06. The standard InChI is InChI=1S/C20H29N/c1-20(2,3)18-11-6-4-9-16(18)15-17-10-5-7-12-19(17)21-13-8-14-21/h4,6,9,11,15,19H,5,7-8,10,12-14H2,1-3H3. The van der Waals surface area contributed by atoms with E-state index in [0.717, 1.165) is 6.04 Å². The molecule has 1 heterocycles. The van der Waals surface area contributed by atoms with Gasteiger partial charge in [-0.2, -0.15) is 0 Å². The molecule has 0 N–H and O–H groups in total. The van der Waals surface area contributed by atoms with E-state index in [2.05, 4.69) is 56.0 Å². The first-order valence-corrected chi connectivity index (χ1v) is 8.60. The molecular weight excluding hydrogens is 254 g/mol. The molecule has 1 saturated carbocycles. The molecule has 2 fully saturated rings. The molecule has 1 aromatic carbocycles. The second kappa shape index (κ2) is 5.96. The van der Waals surface area contributed by atoms with Gasteiger partial charge in [0.15, 0.2) is 0 Å². The van der Waals surface area contributed by atoms with Gasteiger partial charge in [-0.05, 0) is 55.3 Å². The van der Waals surface area contributed by atoms with Gasteiger partial charge in [-0.1, -0.05) is 63.1 Å². The van der Waals surface area contributed by atoms with E-state index in [1.165, 1.54) is 56.3 Å². The molecule has 1 heteroatoms. The quantitative estimate of drug-likeness (QED) is 0.737. The lowest BCUT2D eigenvalue weighted by molar-refractivity contribution is 0.121. The number of benzene rings is 1. The first-order chi connectivity index (χ1) is 10.1. The molecule has 2 aliphatic rings. The fourth-order valence-electron chi connectivity index (χ4n) is 3.76. The molecule has 1 aromatic rings. The van der Waals surface area contributed by atoms with Crippen LogP contribution in [0.3, 0.4) is 0 Å². The summed E-state index contributed by atoms with van der Waals surface area (Å²) < 4.78 is 0. The van der Waals surface area contributed by atoms with Gasteiger partial charge < -0.3 is 0 Å². The lowest BCUT2D eigenvalue weighted by Crippen LogP contribution is -2.46. The van der Waals surface area contributed by atoms with E-state index in [0.29, 0.717) is 0 Å². The molecule has 1 nitrogen and oxygen atoms in total. The Labute approximate surface area is 130 Å². The molecule has 114 valence electrons. The van der Waals surface area contributed by atoms with Crippen molar-refractivity contribution < 1.29 is 0 Å². The van der Waals surface area contributed by atoms with Crippen molar-refractivity contribution in [2.45, 2.75) is 64.3 Å². The maximum Gasteiger partial charge on any atom is 0.0310 e. The molecule has 0 spiro atoms. The van der Waals surface area contributed by atoms with Crippen molar-refractivity contribution >= 4 is 6.08 Å². The third-order valence-corrected chi connectivity index (χ3v) is 5.06. The summed E-state index contributed by atoms with van der Waals surface area (Å²) in [7, 11) is 0. The summed E-state index contributed by atoms with van der Waals surface area (Å²) >= 11 is 0. The van der Waals surface area contributed by atoms with Crippen molar-refractivity contribution in [3.05, 3.63) is 41.0 Å². The van der Waals surface area contributed by atoms with E-state index in [9.17, 15) is 0 Å². The van der Waals surface area contributed by atoms with E-state index in [-0.39, 0.29) is 5.41 Å². The first-order valence-electron chi connectivity index (χ1n) is 8.60. The molecule has 1 unspecified atom stereocenters. The average Bonchev–Trinajstić information content (AvgIpc) is 2.38. The van der Waals surface area contributed by atoms with Gasteiger partial charge >= 0.3 is 0 Å². The zero-order valence-corrected chi connectivity index (χ0v) is 13.9. The molecule has 1 atom stereocenters. The predicted molar refractivity (Wildman–Crippen MR) is 91.6 cm³/mol. The summed E-state index contributed by atoms with van der Waals surface area (Å²) in [5.74, 6) is 0. The molecule has 1 aliphatic carbocycles. The Hall–Kier alpha value is -1.08. The molecular formula is C20H29N. The van der Waals surface area contributed by atoms with Crippen LogP contribution in [-0.4, -0.2) is 24.0 Å². The number of rotatable bonds is 2. The largest absolute Gasteiger partial charge is 0.297 e. The van der Waals surface area contributed by atoms with Crippen LogP contribution in [0.15, 0.2) is 29.8 Å². The maximum atomic E-state index is 2.69. The molecule has 1 saturated heterocycles. The normalized spacial score (nSPS) is 25.9. The Bertz CT molecular complexity index is 517. The molecule has 0 aromatic heterocycles. The second-order valence-corrected chi connectivity index (χ2v) is 7.71. The van der Waals surface area contributed by atoms with Crippen molar-refractivity contribution in [2.75, 3.05) is 13.1 Å². The van der Waals surface area contributed by atoms with Gasteiger partial charge in [0.25, 0.3) is 0 Å². The molecule has 21 heavy (non-hydrogen) atoms.